The molecule has 2 aromatic rings. The lowest BCUT2D eigenvalue weighted by atomic mass is 10.1. The smallest absolute Gasteiger partial charge is 0.324 e. The van der Waals surface area contributed by atoms with Crippen LogP contribution in [0.25, 0.3) is 0 Å². The molecular weight excluding hydrogens is 378 g/mol. The van der Waals surface area contributed by atoms with Crippen LogP contribution in [0.2, 0.25) is 0 Å². The van der Waals surface area contributed by atoms with Gasteiger partial charge in [0.2, 0.25) is 0 Å². The Labute approximate surface area is 177 Å². The predicted octanol–water partition coefficient (Wildman–Crippen LogP) is 3.74. The second-order valence-corrected chi connectivity index (χ2v) is 8.09. The molecule has 2 heterocycles. The molecule has 0 aliphatic carbocycles. The molecule has 0 aromatic heterocycles. The Bertz CT molecular complexity index is 908. The highest BCUT2D eigenvalue weighted by atomic mass is 16.5. The number of aryl methyl sites for hydroxylation is 1. The van der Waals surface area contributed by atoms with E-state index in [-0.39, 0.29) is 18.0 Å². The van der Waals surface area contributed by atoms with Crippen molar-refractivity contribution in [3.8, 4) is 0 Å². The largest absolute Gasteiger partial charge is 0.376 e. The summed E-state index contributed by atoms with van der Waals surface area (Å²) in [6.07, 6.45) is 3.04. The second kappa shape index (κ2) is 9.30. The molecule has 2 aromatic carbocycles. The topological polar surface area (TPSA) is 61.9 Å². The molecule has 158 valence electrons. The normalized spacial score (nSPS) is 19.2. The van der Waals surface area contributed by atoms with Gasteiger partial charge < -0.3 is 15.0 Å². The predicted molar refractivity (Wildman–Crippen MR) is 117 cm³/mol. The van der Waals surface area contributed by atoms with Crippen molar-refractivity contribution in [1.82, 2.24) is 10.2 Å². The first-order valence-corrected chi connectivity index (χ1v) is 10.7. The molecule has 1 atom stereocenters. The van der Waals surface area contributed by atoms with Crippen LogP contribution in [0.3, 0.4) is 0 Å². The van der Waals surface area contributed by atoms with Crippen LogP contribution in [0.4, 0.5) is 10.5 Å². The Morgan fingerprint density at radius 1 is 1.13 bits per heavy atom. The van der Waals surface area contributed by atoms with E-state index in [4.69, 9.17) is 4.74 Å². The number of benzene rings is 2. The van der Waals surface area contributed by atoms with Gasteiger partial charge >= 0.3 is 6.03 Å². The van der Waals surface area contributed by atoms with Gasteiger partial charge in [-0.3, -0.25) is 9.69 Å². The van der Waals surface area contributed by atoms with Gasteiger partial charge in [-0.05, 0) is 49.9 Å². The molecule has 0 saturated carbocycles. The molecule has 30 heavy (non-hydrogen) atoms. The zero-order chi connectivity index (χ0) is 20.9. The minimum atomic E-state index is -0.131. The van der Waals surface area contributed by atoms with Crippen LogP contribution in [-0.4, -0.2) is 49.2 Å². The monoisotopic (exact) mass is 407 g/mol. The molecule has 2 saturated heterocycles. The number of amides is 3. The number of nitrogens with one attached hydrogen (secondary N) is 1. The van der Waals surface area contributed by atoms with E-state index in [9.17, 15) is 9.59 Å². The highest BCUT2D eigenvalue weighted by Gasteiger charge is 2.27. The van der Waals surface area contributed by atoms with Crippen LogP contribution in [0.1, 0.15) is 40.7 Å². The van der Waals surface area contributed by atoms with Crippen molar-refractivity contribution in [2.45, 2.75) is 38.8 Å². The van der Waals surface area contributed by atoms with E-state index in [1.165, 1.54) is 5.56 Å². The molecule has 0 radical (unpaired) electrons. The summed E-state index contributed by atoms with van der Waals surface area (Å²) in [6.45, 7) is 5.35. The minimum absolute atomic E-state index is 0.0142. The van der Waals surface area contributed by atoms with Crippen LogP contribution in [0.5, 0.6) is 0 Å². The maximum absolute atomic E-state index is 13.1. The number of ether oxygens (including phenoxy) is 1. The van der Waals surface area contributed by atoms with Gasteiger partial charge in [-0.15, -0.1) is 0 Å². The molecule has 0 bridgehead atoms. The van der Waals surface area contributed by atoms with Gasteiger partial charge in [0, 0.05) is 44.0 Å². The average molecular weight is 408 g/mol. The molecule has 2 aliphatic rings. The number of nitrogens with zero attached hydrogens (tertiary/aromatic N) is 2. The Hall–Kier alpha value is -2.86. The van der Waals surface area contributed by atoms with Crippen LogP contribution in [-0.2, 0) is 11.3 Å². The first-order chi connectivity index (χ1) is 14.6. The number of urea groups is 1. The SMILES string of the molecule is Cc1cccc(CN2CCCN(c3cccc(C(=O)NCC4CCCO4)c3)C2=O)c1. The summed E-state index contributed by atoms with van der Waals surface area (Å²) in [7, 11) is 0. The number of anilines is 1. The lowest BCUT2D eigenvalue weighted by Crippen LogP contribution is -2.49. The Morgan fingerprint density at radius 2 is 2.00 bits per heavy atom. The van der Waals surface area contributed by atoms with E-state index < -0.39 is 0 Å². The number of carbonyl (C=O) groups is 2. The van der Waals surface area contributed by atoms with Crippen LogP contribution in [0.15, 0.2) is 48.5 Å². The Kier molecular flexibility index (Phi) is 6.33. The summed E-state index contributed by atoms with van der Waals surface area (Å²) >= 11 is 0. The minimum Gasteiger partial charge on any atom is -0.376 e. The van der Waals surface area contributed by atoms with E-state index in [1.807, 2.05) is 23.1 Å². The van der Waals surface area contributed by atoms with Crippen molar-refractivity contribution >= 4 is 17.6 Å². The van der Waals surface area contributed by atoms with Gasteiger partial charge in [0.15, 0.2) is 0 Å². The van der Waals surface area contributed by atoms with Gasteiger partial charge in [-0.2, -0.15) is 0 Å². The fourth-order valence-corrected chi connectivity index (χ4v) is 4.13. The maximum Gasteiger partial charge on any atom is 0.324 e. The van der Waals surface area contributed by atoms with Gasteiger partial charge in [0.05, 0.1) is 6.10 Å². The van der Waals surface area contributed by atoms with Crippen molar-refractivity contribution in [3.05, 3.63) is 65.2 Å². The van der Waals surface area contributed by atoms with Crippen molar-refractivity contribution < 1.29 is 14.3 Å². The average Bonchev–Trinajstić information content (AvgIpc) is 3.27. The first kappa shape index (κ1) is 20.4. The summed E-state index contributed by atoms with van der Waals surface area (Å²) in [5, 5.41) is 2.95. The zero-order valence-corrected chi connectivity index (χ0v) is 17.5. The summed E-state index contributed by atoms with van der Waals surface area (Å²) in [4.78, 5) is 29.4. The fourth-order valence-electron chi connectivity index (χ4n) is 4.13. The highest BCUT2D eigenvalue weighted by molar-refractivity contribution is 5.98. The van der Waals surface area contributed by atoms with E-state index in [0.717, 1.165) is 43.7 Å². The Morgan fingerprint density at radius 3 is 2.80 bits per heavy atom. The summed E-state index contributed by atoms with van der Waals surface area (Å²) in [5.41, 5.74) is 3.65. The second-order valence-electron chi connectivity index (χ2n) is 8.09. The number of rotatable bonds is 6. The van der Waals surface area contributed by atoms with E-state index in [0.29, 0.717) is 25.2 Å². The molecule has 6 nitrogen and oxygen atoms in total. The molecule has 2 aliphatic heterocycles. The lowest BCUT2D eigenvalue weighted by Gasteiger charge is -2.36. The van der Waals surface area contributed by atoms with Crippen molar-refractivity contribution in [2.75, 3.05) is 31.1 Å². The fraction of sp³-hybridized carbons (Fsp3) is 0.417. The molecule has 4 rings (SSSR count). The highest BCUT2D eigenvalue weighted by Crippen LogP contribution is 2.23. The zero-order valence-electron chi connectivity index (χ0n) is 17.5. The first-order valence-electron chi connectivity index (χ1n) is 10.7. The van der Waals surface area contributed by atoms with Crippen LogP contribution in [0, 0.1) is 6.92 Å². The summed E-state index contributed by atoms with van der Waals surface area (Å²) in [6, 6.07) is 15.6. The molecular formula is C24H29N3O3. The molecule has 3 amide bonds. The van der Waals surface area contributed by atoms with Gasteiger partial charge in [-0.1, -0.05) is 35.9 Å². The quantitative estimate of drug-likeness (QED) is 0.794. The summed E-state index contributed by atoms with van der Waals surface area (Å²) in [5.74, 6) is -0.131. The molecule has 1 unspecified atom stereocenters. The molecule has 2 fully saturated rings. The van der Waals surface area contributed by atoms with Crippen LogP contribution >= 0.6 is 0 Å². The van der Waals surface area contributed by atoms with E-state index >= 15 is 0 Å². The number of carbonyl (C=O) groups excluding carboxylic acids is 2. The molecule has 0 spiro atoms. The third-order valence-corrected chi connectivity index (χ3v) is 5.70. The van der Waals surface area contributed by atoms with Gasteiger partial charge in [0.1, 0.15) is 0 Å². The van der Waals surface area contributed by atoms with E-state index in [1.54, 1.807) is 17.0 Å². The van der Waals surface area contributed by atoms with Crippen molar-refractivity contribution in [3.63, 3.8) is 0 Å². The molecule has 6 heteroatoms. The van der Waals surface area contributed by atoms with Gasteiger partial charge in [0.25, 0.3) is 5.91 Å². The Balaban J connectivity index is 1.43. The maximum atomic E-state index is 13.1. The third-order valence-electron chi connectivity index (χ3n) is 5.70. The van der Waals surface area contributed by atoms with E-state index in [2.05, 4.69) is 30.4 Å². The molecule has 1 N–H and O–H groups in total. The van der Waals surface area contributed by atoms with Crippen molar-refractivity contribution in [1.29, 1.82) is 0 Å². The summed E-state index contributed by atoms with van der Waals surface area (Å²) < 4.78 is 5.57. The van der Waals surface area contributed by atoms with Gasteiger partial charge in [-0.25, -0.2) is 4.79 Å². The van der Waals surface area contributed by atoms with Crippen LogP contribution < -0.4 is 10.2 Å². The van der Waals surface area contributed by atoms with Crippen molar-refractivity contribution in [2.24, 2.45) is 0 Å². The standard InChI is InChI=1S/C24H29N3O3/c1-18-6-2-7-19(14-18)17-26-11-5-12-27(24(26)29)21-9-3-8-20(15-21)23(28)25-16-22-10-4-13-30-22/h2-3,6-9,14-15,22H,4-5,10-13,16-17H2,1H3,(H,25,28). The lowest BCUT2D eigenvalue weighted by molar-refractivity contribution is 0.0857. The number of hydrogen-bond acceptors (Lipinski definition) is 3. The number of hydrogen-bond donors (Lipinski definition) is 1. The third kappa shape index (κ3) is 4.82.